The molecule has 32 heavy (non-hydrogen) atoms. The SMILES string of the molecule is COc1ccc(C=NNc2nc(-c3ccccc3)c(C#N)c(=O)[nH]2)cc1-c1ccccc1. The number of H-pyrrole nitrogens is 1. The van der Waals surface area contributed by atoms with Crippen molar-refractivity contribution in [1.29, 1.82) is 5.26 Å². The van der Waals surface area contributed by atoms with Crippen LogP contribution in [-0.4, -0.2) is 23.3 Å². The molecule has 3 aromatic carbocycles. The zero-order chi connectivity index (χ0) is 22.3. The van der Waals surface area contributed by atoms with Gasteiger partial charge in [0.15, 0.2) is 0 Å². The molecule has 4 rings (SSSR count). The molecule has 0 amide bonds. The number of nitrogens with one attached hydrogen (secondary N) is 2. The van der Waals surface area contributed by atoms with Gasteiger partial charge in [-0.05, 0) is 29.3 Å². The molecule has 0 aliphatic carbocycles. The first-order chi connectivity index (χ1) is 15.7. The summed E-state index contributed by atoms with van der Waals surface area (Å²) in [5.74, 6) is 0.896. The number of hydrogen-bond donors (Lipinski definition) is 2. The molecule has 0 fully saturated rings. The van der Waals surface area contributed by atoms with Crippen LogP contribution in [-0.2, 0) is 0 Å². The Labute approximate surface area is 184 Å². The first-order valence-corrected chi connectivity index (χ1v) is 9.82. The molecule has 156 valence electrons. The Morgan fingerprint density at radius 3 is 2.38 bits per heavy atom. The van der Waals surface area contributed by atoms with E-state index in [0.717, 1.165) is 22.4 Å². The molecule has 7 heteroatoms. The fraction of sp³-hybridized carbons (Fsp3) is 0.0400. The van der Waals surface area contributed by atoms with Crippen LogP contribution in [0.5, 0.6) is 5.75 Å². The second-order valence-electron chi connectivity index (χ2n) is 6.81. The first kappa shape index (κ1) is 20.6. The summed E-state index contributed by atoms with van der Waals surface area (Å²) < 4.78 is 5.48. The highest BCUT2D eigenvalue weighted by atomic mass is 16.5. The van der Waals surface area contributed by atoms with Crippen molar-refractivity contribution < 1.29 is 4.74 Å². The summed E-state index contributed by atoms with van der Waals surface area (Å²) >= 11 is 0. The van der Waals surface area contributed by atoms with Gasteiger partial charge < -0.3 is 4.74 Å². The number of aromatic nitrogens is 2. The van der Waals surface area contributed by atoms with Crippen molar-refractivity contribution in [2.45, 2.75) is 0 Å². The molecule has 1 aromatic heterocycles. The molecule has 0 aliphatic heterocycles. The Kier molecular flexibility index (Phi) is 6.05. The number of ether oxygens (including phenoxy) is 1. The monoisotopic (exact) mass is 421 g/mol. The zero-order valence-corrected chi connectivity index (χ0v) is 17.2. The summed E-state index contributed by atoms with van der Waals surface area (Å²) in [6.07, 6.45) is 1.62. The molecule has 0 radical (unpaired) electrons. The van der Waals surface area contributed by atoms with Gasteiger partial charge in [-0.25, -0.2) is 10.4 Å². The summed E-state index contributed by atoms with van der Waals surface area (Å²) in [5.41, 5.74) is 5.93. The number of anilines is 1. The molecule has 0 atom stereocenters. The quantitative estimate of drug-likeness (QED) is 0.354. The van der Waals surface area contributed by atoms with Crippen LogP contribution >= 0.6 is 0 Å². The van der Waals surface area contributed by atoms with Gasteiger partial charge in [0, 0.05) is 11.1 Å². The Hall–Kier alpha value is -4.70. The molecule has 7 nitrogen and oxygen atoms in total. The second kappa shape index (κ2) is 9.41. The third kappa shape index (κ3) is 4.40. The van der Waals surface area contributed by atoms with Crippen LogP contribution < -0.4 is 15.7 Å². The van der Waals surface area contributed by atoms with Crippen LogP contribution in [0.2, 0.25) is 0 Å². The van der Waals surface area contributed by atoms with E-state index in [-0.39, 0.29) is 11.5 Å². The molecule has 4 aromatic rings. The van der Waals surface area contributed by atoms with E-state index in [0.29, 0.717) is 11.3 Å². The first-order valence-electron chi connectivity index (χ1n) is 9.82. The number of methoxy groups -OCH3 is 1. The predicted molar refractivity (Wildman–Crippen MR) is 125 cm³/mol. The lowest BCUT2D eigenvalue weighted by molar-refractivity contribution is 0.416. The molecule has 1 heterocycles. The summed E-state index contributed by atoms with van der Waals surface area (Å²) in [5, 5.41) is 13.6. The molecule has 0 spiro atoms. The van der Waals surface area contributed by atoms with Gasteiger partial charge in [-0.3, -0.25) is 9.78 Å². The van der Waals surface area contributed by atoms with Crippen molar-refractivity contribution in [3.63, 3.8) is 0 Å². The number of hydrogen-bond acceptors (Lipinski definition) is 6. The minimum atomic E-state index is -0.533. The van der Waals surface area contributed by atoms with Crippen molar-refractivity contribution in [1.82, 2.24) is 9.97 Å². The van der Waals surface area contributed by atoms with Crippen LogP contribution in [0.25, 0.3) is 22.4 Å². The summed E-state index contributed by atoms with van der Waals surface area (Å²) in [7, 11) is 1.63. The van der Waals surface area contributed by atoms with Gasteiger partial charge in [-0.2, -0.15) is 10.4 Å². The number of rotatable bonds is 6. The summed E-state index contributed by atoms with van der Waals surface area (Å²) in [6.45, 7) is 0. The lowest BCUT2D eigenvalue weighted by Crippen LogP contribution is -2.16. The van der Waals surface area contributed by atoms with Crippen molar-refractivity contribution >= 4 is 12.2 Å². The predicted octanol–water partition coefficient (Wildman–Crippen LogP) is 4.43. The maximum absolute atomic E-state index is 12.3. The second-order valence-corrected chi connectivity index (χ2v) is 6.81. The average molecular weight is 421 g/mol. The zero-order valence-electron chi connectivity index (χ0n) is 17.2. The van der Waals surface area contributed by atoms with Crippen LogP contribution in [0.15, 0.2) is 88.8 Å². The maximum Gasteiger partial charge on any atom is 0.270 e. The summed E-state index contributed by atoms with van der Waals surface area (Å²) in [6, 6.07) is 26.6. The highest BCUT2D eigenvalue weighted by molar-refractivity contribution is 5.85. The molecule has 0 saturated heterocycles. The smallest absolute Gasteiger partial charge is 0.270 e. The highest BCUT2D eigenvalue weighted by Gasteiger charge is 2.13. The fourth-order valence-electron chi connectivity index (χ4n) is 3.25. The molecule has 2 N–H and O–H groups in total. The molecular formula is C25H19N5O2. The Bertz CT molecular complexity index is 1360. The number of hydrazone groups is 1. The van der Waals surface area contributed by atoms with Gasteiger partial charge in [0.1, 0.15) is 17.4 Å². The molecule has 0 aliphatic rings. The number of nitrogens with zero attached hydrogens (tertiary/aromatic N) is 3. The summed E-state index contributed by atoms with van der Waals surface area (Å²) in [4.78, 5) is 19.3. The lowest BCUT2D eigenvalue weighted by Gasteiger charge is -2.09. The van der Waals surface area contributed by atoms with E-state index >= 15 is 0 Å². The van der Waals surface area contributed by atoms with E-state index < -0.39 is 5.56 Å². The van der Waals surface area contributed by atoms with Gasteiger partial charge in [-0.1, -0.05) is 60.7 Å². The van der Waals surface area contributed by atoms with E-state index in [9.17, 15) is 10.1 Å². The lowest BCUT2D eigenvalue weighted by atomic mass is 10.0. The molecular weight excluding hydrogens is 402 g/mol. The average Bonchev–Trinajstić information content (AvgIpc) is 2.84. The highest BCUT2D eigenvalue weighted by Crippen LogP contribution is 2.30. The van der Waals surface area contributed by atoms with E-state index in [4.69, 9.17) is 4.74 Å². The fourth-order valence-corrected chi connectivity index (χ4v) is 3.25. The van der Waals surface area contributed by atoms with E-state index in [2.05, 4.69) is 20.5 Å². The third-order valence-electron chi connectivity index (χ3n) is 4.77. The standard InChI is InChI=1S/C25H19N5O2/c1-32-22-13-12-17(14-20(22)18-8-4-2-5-9-18)16-27-30-25-28-23(19-10-6-3-7-11-19)21(15-26)24(31)29-25/h2-14,16H,1H3,(H2,28,29,30,31). The number of benzene rings is 3. The van der Waals surface area contributed by atoms with Gasteiger partial charge in [-0.15, -0.1) is 0 Å². The topological polar surface area (TPSA) is 103 Å². The van der Waals surface area contributed by atoms with Crippen molar-refractivity contribution in [3.05, 3.63) is 100 Å². The van der Waals surface area contributed by atoms with Gasteiger partial charge >= 0.3 is 0 Å². The molecule has 0 bridgehead atoms. The van der Waals surface area contributed by atoms with E-state index in [1.807, 2.05) is 72.8 Å². The minimum absolute atomic E-state index is 0.0478. The Morgan fingerprint density at radius 1 is 1.03 bits per heavy atom. The number of nitriles is 1. The molecule has 0 saturated carbocycles. The molecule has 0 unspecified atom stereocenters. The normalized spacial score (nSPS) is 10.6. The number of aromatic amines is 1. The maximum atomic E-state index is 12.3. The van der Waals surface area contributed by atoms with Crippen LogP contribution in [0.4, 0.5) is 5.95 Å². The largest absolute Gasteiger partial charge is 0.496 e. The van der Waals surface area contributed by atoms with Crippen molar-refractivity contribution in [2.75, 3.05) is 12.5 Å². The van der Waals surface area contributed by atoms with Crippen LogP contribution in [0.1, 0.15) is 11.1 Å². The van der Waals surface area contributed by atoms with Crippen LogP contribution in [0, 0.1) is 11.3 Å². The Morgan fingerprint density at radius 2 is 1.72 bits per heavy atom. The van der Waals surface area contributed by atoms with Crippen LogP contribution in [0.3, 0.4) is 0 Å². The minimum Gasteiger partial charge on any atom is -0.496 e. The van der Waals surface area contributed by atoms with Crippen molar-refractivity contribution in [2.24, 2.45) is 5.10 Å². The Balaban J connectivity index is 1.62. The van der Waals surface area contributed by atoms with E-state index in [1.54, 1.807) is 25.5 Å². The van der Waals surface area contributed by atoms with Gasteiger partial charge in [0.25, 0.3) is 5.56 Å². The third-order valence-corrected chi connectivity index (χ3v) is 4.77. The van der Waals surface area contributed by atoms with E-state index in [1.165, 1.54) is 0 Å². The van der Waals surface area contributed by atoms with Gasteiger partial charge in [0.2, 0.25) is 5.95 Å². The van der Waals surface area contributed by atoms with Crippen molar-refractivity contribution in [3.8, 4) is 34.2 Å². The van der Waals surface area contributed by atoms with Gasteiger partial charge in [0.05, 0.1) is 19.0 Å².